The van der Waals surface area contributed by atoms with E-state index in [2.05, 4.69) is 5.32 Å². The number of hydrogen-bond acceptors (Lipinski definition) is 3. The van der Waals surface area contributed by atoms with Gasteiger partial charge in [-0.05, 0) is 51.3 Å². The topological polar surface area (TPSA) is 64.3 Å². The number of benzene rings is 1. The van der Waals surface area contributed by atoms with Gasteiger partial charge in [0.05, 0.1) is 0 Å². The van der Waals surface area contributed by atoms with E-state index < -0.39 is 5.60 Å². The summed E-state index contributed by atoms with van der Waals surface area (Å²) in [6.07, 6.45) is 4.29. The van der Waals surface area contributed by atoms with Gasteiger partial charge in [0.1, 0.15) is 5.60 Å². The van der Waals surface area contributed by atoms with E-state index in [1.165, 1.54) is 0 Å². The Kier molecular flexibility index (Phi) is 5.62. The van der Waals surface area contributed by atoms with Crippen LogP contribution in [0.1, 0.15) is 38.3 Å². The zero-order valence-corrected chi connectivity index (χ0v) is 12.7. The molecule has 0 aliphatic carbocycles. The van der Waals surface area contributed by atoms with Crippen molar-refractivity contribution in [1.29, 1.82) is 0 Å². The number of carbonyl (C=O) groups is 1. The lowest BCUT2D eigenvalue weighted by Crippen LogP contribution is -2.32. The average Bonchev–Trinajstić information content (AvgIpc) is 2.28. The molecule has 0 saturated carbocycles. The molecule has 0 bridgehead atoms. The highest BCUT2D eigenvalue weighted by atomic mass is 16.6. The number of nitrogens with one attached hydrogen (secondary N) is 1. The van der Waals surface area contributed by atoms with Gasteiger partial charge in [0.25, 0.3) is 0 Å². The molecule has 4 heteroatoms. The lowest BCUT2D eigenvalue weighted by Gasteiger charge is -2.19. The molecule has 0 unspecified atom stereocenters. The smallest absolute Gasteiger partial charge is 0.407 e. The summed E-state index contributed by atoms with van der Waals surface area (Å²) in [4.78, 5) is 11.4. The van der Waals surface area contributed by atoms with Crippen molar-refractivity contribution < 1.29 is 9.53 Å². The van der Waals surface area contributed by atoms with Crippen LogP contribution in [0.4, 0.5) is 10.5 Å². The van der Waals surface area contributed by atoms with Gasteiger partial charge in [-0.25, -0.2) is 4.79 Å². The molecular weight excluding hydrogens is 252 g/mol. The minimum atomic E-state index is -0.462. The van der Waals surface area contributed by atoms with E-state index >= 15 is 0 Å². The summed E-state index contributed by atoms with van der Waals surface area (Å²) in [5, 5.41) is 2.71. The number of alkyl carbamates (subject to hydrolysis) is 1. The van der Waals surface area contributed by atoms with E-state index in [9.17, 15) is 4.79 Å². The maximum atomic E-state index is 11.4. The van der Waals surface area contributed by atoms with Gasteiger partial charge in [-0.3, -0.25) is 0 Å². The summed E-state index contributed by atoms with van der Waals surface area (Å²) in [7, 11) is 0. The number of amides is 1. The predicted octanol–water partition coefficient (Wildman–Crippen LogP) is 3.51. The molecule has 0 radical (unpaired) electrons. The molecule has 4 nitrogen and oxygen atoms in total. The fourth-order valence-corrected chi connectivity index (χ4v) is 1.63. The Morgan fingerprint density at radius 2 is 2.10 bits per heavy atom. The fraction of sp³-hybridized carbons (Fsp3) is 0.438. The molecule has 1 rings (SSSR count). The van der Waals surface area contributed by atoms with Crippen LogP contribution in [0.25, 0.3) is 6.08 Å². The van der Waals surface area contributed by atoms with Crippen molar-refractivity contribution in [2.75, 3.05) is 12.3 Å². The highest BCUT2D eigenvalue weighted by Crippen LogP contribution is 2.15. The number of aryl methyl sites for hydroxylation is 1. The van der Waals surface area contributed by atoms with Gasteiger partial charge in [0.2, 0.25) is 0 Å². The summed E-state index contributed by atoms with van der Waals surface area (Å²) in [5.41, 5.74) is 8.35. The normalized spacial score (nSPS) is 11.6. The van der Waals surface area contributed by atoms with Gasteiger partial charge in [-0.2, -0.15) is 0 Å². The average molecular weight is 276 g/mol. The Bertz CT molecular complexity index is 488. The van der Waals surface area contributed by atoms with E-state index in [0.717, 1.165) is 23.2 Å². The van der Waals surface area contributed by atoms with Crippen LogP contribution < -0.4 is 11.1 Å². The van der Waals surface area contributed by atoms with Crippen LogP contribution in [0.2, 0.25) is 0 Å². The number of nitrogen functional groups attached to an aromatic ring is 1. The standard InChI is InChI=1S/C16H24N2O2/c1-12-8-9-13(14(17)11-12)7-5-6-10-18-15(19)20-16(2,3)4/h5,7-9,11H,6,10,17H2,1-4H3,(H,18,19). The molecule has 0 saturated heterocycles. The predicted molar refractivity (Wildman–Crippen MR) is 83.5 cm³/mol. The molecule has 0 atom stereocenters. The Balaban J connectivity index is 2.34. The number of hydrogen-bond donors (Lipinski definition) is 2. The van der Waals surface area contributed by atoms with Crippen LogP contribution in [0.5, 0.6) is 0 Å². The quantitative estimate of drug-likeness (QED) is 0.653. The molecule has 0 fully saturated rings. The van der Waals surface area contributed by atoms with Gasteiger partial charge in [0, 0.05) is 12.2 Å². The Morgan fingerprint density at radius 1 is 1.40 bits per heavy atom. The SMILES string of the molecule is Cc1ccc(C=CCCNC(=O)OC(C)(C)C)c(N)c1. The first-order valence-electron chi connectivity index (χ1n) is 6.77. The number of ether oxygens (including phenoxy) is 1. The molecular formula is C16H24N2O2. The minimum absolute atomic E-state index is 0.388. The summed E-state index contributed by atoms with van der Waals surface area (Å²) >= 11 is 0. The maximum absolute atomic E-state index is 11.4. The van der Waals surface area contributed by atoms with E-state index in [4.69, 9.17) is 10.5 Å². The zero-order valence-electron chi connectivity index (χ0n) is 12.7. The molecule has 0 aliphatic heterocycles. The molecule has 1 aromatic carbocycles. The molecule has 0 heterocycles. The van der Waals surface area contributed by atoms with Gasteiger partial charge < -0.3 is 15.8 Å². The van der Waals surface area contributed by atoms with Crippen molar-refractivity contribution in [2.24, 2.45) is 0 Å². The Hall–Kier alpha value is -1.97. The van der Waals surface area contributed by atoms with Gasteiger partial charge in [-0.1, -0.05) is 24.3 Å². The Morgan fingerprint density at radius 3 is 2.70 bits per heavy atom. The summed E-state index contributed by atoms with van der Waals surface area (Å²) in [6, 6.07) is 5.95. The molecule has 1 amide bonds. The molecule has 3 N–H and O–H groups in total. The van der Waals surface area contributed by atoms with Crippen LogP contribution in [0, 0.1) is 6.92 Å². The van der Waals surface area contributed by atoms with Crippen molar-refractivity contribution in [1.82, 2.24) is 5.32 Å². The number of rotatable bonds is 4. The lowest BCUT2D eigenvalue weighted by molar-refractivity contribution is 0.0529. The second-order valence-electron chi connectivity index (χ2n) is 5.75. The monoisotopic (exact) mass is 276 g/mol. The third kappa shape index (κ3) is 6.27. The van der Waals surface area contributed by atoms with E-state index in [0.29, 0.717) is 6.54 Å². The van der Waals surface area contributed by atoms with E-state index in [-0.39, 0.29) is 6.09 Å². The second kappa shape index (κ2) is 6.98. The van der Waals surface area contributed by atoms with Crippen LogP contribution in [0.3, 0.4) is 0 Å². The maximum Gasteiger partial charge on any atom is 0.407 e. The first-order chi connectivity index (χ1) is 9.28. The molecule has 0 aliphatic rings. The summed E-state index contributed by atoms with van der Waals surface area (Å²) in [5.74, 6) is 0. The first kappa shape index (κ1) is 16.1. The third-order valence-electron chi connectivity index (χ3n) is 2.52. The van der Waals surface area contributed by atoms with Gasteiger partial charge >= 0.3 is 6.09 Å². The van der Waals surface area contributed by atoms with Crippen molar-refractivity contribution in [3.05, 3.63) is 35.4 Å². The summed E-state index contributed by atoms with van der Waals surface area (Å²) < 4.78 is 5.14. The lowest BCUT2D eigenvalue weighted by atomic mass is 10.1. The highest BCUT2D eigenvalue weighted by molar-refractivity contribution is 5.68. The number of anilines is 1. The number of nitrogens with two attached hydrogens (primary N) is 1. The van der Waals surface area contributed by atoms with E-state index in [1.54, 1.807) is 0 Å². The first-order valence-corrected chi connectivity index (χ1v) is 6.77. The van der Waals surface area contributed by atoms with Crippen LogP contribution >= 0.6 is 0 Å². The van der Waals surface area contributed by atoms with Crippen molar-refractivity contribution >= 4 is 17.9 Å². The van der Waals surface area contributed by atoms with Crippen LogP contribution in [-0.4, -0.2) is 18.2 Å². The molecule has 20 heavy (non-hydrogen) atoms. The van der Waals surface area contributed by atoms with Crippen LogP contribution in [-0.2, 0) is 4.74 Å². The number of carbonyl (C=O) groups excluding carboxylic acids is 1. The van der Waals surface area contributed by atoms with Crippen molar-refractivity contribution in [2.45, 2.75) is 39.7 Å². The fourth-order valence-electron chi connectivity index (χ4n) is 1.63. The summed E-state index contributed by atoms with van der Waals surface area (Å²) in [6.45, 7) is 8.07. The van der Waals surface area contributed by atoms with Crippen LogP contribution in [0.15, 0.2) is 24.3 Å². The van der Waals surface area contributed by atoms with E-state index in [1.807, 2.05) is 58.0 Å². The Labute approximate surface area is 121 Å². The van der Waals surface area contributed by atoms with Crippen molar-refractivity contribution in [3.63, 3.8) is 0 Å². The van der Waals surface area contributed by atoms with Gasteiger partial charge in [0.15, 0.2) is 0 Å². The second-order valence-corrected chi connectivity index (χ2v) is 5.75. The molecule has 0 spiro atoms. The third-order valence-corrected chi connectivity index (χ3v) is 2.52. The minimum Gasteiger partial charge on any atom is -0.444 e. The molecule has 1 aromatic rings. The highest BCUT2D eigenvalue weighted by Gasteiger charge is 2.15. The molecule has 110 valence electrons. The van der Waals surface area contributed by atoms with Crippen molar-refractivity contribution in [3.8, 4) is 0 Å². The largest absolute Gasteiger partial charge is 0.444 e. The molecule has 0 aromatic heterocycles. The van der Waals surface area contributed by atoms with Gasteiger partial charge in [-0.15, -0.1) is 0 Å². The zero-order chi connectivity index (χ0) is 15.2.